The lowest BCUT2D eigenvalue weighted by molar-refractivity contribution is 0.627. The van der Waals surface area contributed by atoms with Gasteiger partial charge >= 0.3 is 0 Å². The van der Waals surface area contributed by atoms with Gasteiger partial charge in [0.2, 0.25) is 4.96 Å². The Hall–Kier alpha value is -2.71. The van der Waals surface area contributed by atoms with E-state index in [4.69, 9.17) is 0 Å². The van der Waals surface area contributed by atoms with Gasteiger partial charge in [0, 0.05) is 10.9 Å². The molecule has 4 rings (SSSR count). The van der Waals surface area contributed by atoms with Gasteiger partial charge in [0.05, 0.1) is 4.53 Å². The smallest absolute Gasteiger partial charge is 0.266 e. The second-order valence-corrected chi connectivity index (χ2v) is 7.66. The summed E-state index contributed by atoms with van der Waals surface area (Å²) >= 11 is 4.55. The van der Waals surface area contributed by atoms with Gasteiger partial charge in [-0.15, -0.1) is 0 Å². The maximum absolute atomic E-state index is 13.0. The van der Waals surface area contributed by atoms with Crippen molar-refractivity contribution in [3.8, 4) is 0 Å². The molecule has 2 aromatic heterocycles. The molecule has 134 valence electrons. The van der Waals surface area contributed by atoms with Crippen LogP contribution in [0.2, 0.25) is 0 Å². The van der Waals surface area contributed by atoms with Gasteiger partial charge in [0.15, 0.2) is 0 Å². The second-order valence-electron chi connectivity index (χ2n) is 5.80. The topological polar surface area (TPSA) is 64.3 Å². The van der Waals surface area contributed by atoms with Gasteiger partial charge in [0.1, 0.15) is 11.5 Å². The third-order valence-electron chi connectivity index (χ3n) is 3.93. The first kappa shape index (κ1) is 17.7. The van der Waals surface area contributed by atoms with E-state index >= 15 is 0 Å². The zero-order valence-corrected chi connectivity index (χ0v) is 16.1. The van der Waals surface area contributed by atoms with Gasteiger partial charge in [-0.25, -0.2) is 4.39 Å². The fourth-order valence-corrected chi connectivity index (χ4v) is 3.88. The zero-order chi connectivity index (χ0) is 19.0. The molecule has 0 unspecified atom stereocenters. The van der Waals surface area contributed by atoms with Crippen LogP contribution in [0.5, 0.6) is 0 Å². The highest BCUT2D eigenvalue weighted by Gasteiger charge is 2.12. The second kappa shape index (κ2) is 7.13. The van der Waals surface area contributed by atoms with Crippen LogP contribution < -0.4 is 15.7 Å². The van der Waals surface area contributed by atoms with E-state index in [9.17, 15) is 14.0 Å². The number of rotatable bonds is 3. The highest BCUT2D eigenvalue weighted by atomic mass is 79.9. The fraction of sp³-hybridized carbons (Fsp3) is 0.0526. The van der Waals surface area contributed by atoms with Crippen molar-refractivity contribution in [2.24, 2.45) is 0 Å². The molecule has 0 N–H and O–H groups in total. The summed E-state index contributed by atoms with van der Waals surface area (Å²) in [5, 5.41) is 4.19. The molecule has 0 atom stereocenters. The summed E-state index contributed by atoms with van der Waals surface area (Å²) in [5.74, 6) is -0.357. The van der Waals surface area contributed by atoms with Crippen molar-refractivity contribution in [1.29, 1.82) is 0 Å². The van der Waals surface area contributed by atoms with Crippen molar-refractivity contribution in [2.75, 3.05) is 0 Å². The summed E-state index contributed by atoms with van der Waals surface area (Å²) in [7, 11) is 0. The number of hydrogen-bond acceptors (Lipinski definition) is 5. The molecule has 0 aliphatic carbocycles. The molecule has 0 saturated carbocycles. The van der Waals surface area contributed by atoms with Crippen molar-refractivity contribution in [3.05, 3.63) is 101 Å². The first-order valence-corrected chi connectivity index (χ1v) is 9.56. The van der Waals surface area contributed by atoms with Crippen LogP contribution in [-0.2, 0) is 6.42 Å². The monoisotopic (exact) mass is 443 g/mol. The lowest BCUT2D eigenvalue weighted by Gasteiger charge is -2.00. The fourth-order valence-electron chi connectivity index (χ4n) is 2.58. The molecular weight excluding hydrogens is 433 g/mol. The molecule has 0 saturated heterocycles. The molecule has 4 aromatic rings. The first-order valence-electron chi connectivity index (χ1n) is 7.95. The summed E-state index contributed by atoms with van der Waals surface area (Å²) in [6.07, 6.45) is 1.91. The number of halogens is 2. The number of fused-ring (bicyclic) bond motifs is 1. The van der Waals surface area contributed by atoms with Crippen LogP contribution in [0.1, 0.15) is 16.8 Å². The Balaban J connectivity index is 1.82. The highest BCUT2D eigenvalue weighted by molar-refractivity contribution is 9.10. The Labute approximate surface area is 164 Å². The minimum absolute atomic E-state index is 0.140. The Morgan fingerprint density at radius 1 is 1.11 bits per heavy atom. The molecule has 0 radical (unpaired) electrons. The molecule has 2 heterocycles. The molecular formula is C19H11BrFN3O2S. The maximum atomic E-state index is 13.0. The standard InChI is InChI=1S/C19H11BrFN3O2S/c20-14-4-2-1-3-12(14)10-16-18(26)24-19(27-16)22-17(25)15(23-24)9-11-5-7-13(21)8-6-11/h1-8,10H,9H2/b16-10+. The van der Waals surface area contributed by atoms with E-state index in [1.54, 1.807) is 18.2 Å². The predicted molar refractivity (Wildman–Crippen MR) is 106 cm³/mol. The summed E-state index contributed by atoms with van der Waals surface area (Å²) in [6.45, 7) is 0. The van der Waals surface area contributed by atoms with E-state index in [-0.39, 0.29) is 28.5 Å². The first-order chi connectivity index (χ1) is 13.0. The lowest BCUT2D eigenvalue weighted by atomic mass is 10.1. The molecule has 27 heavy (non-hydrogen) atoms. The van der Waals surface area contributed by atoms with Crippen LogP contribution in [0.4, 0.5) is 4.39 Å². The third-order valence-corrected chi connectivity index (χ3v) is 5.61. The van der Waals surface area contributed by atoms with Crippen molar-refractivity contribution < 1.29 is 4.39 Å². The van der Waals surface area contributed by atoms with Crippen molar-refractivity contribution >= 4 is 38.3 Å². The Morgan fingerprint density at radius 3 is 2.59 bits per heavy atom. The molecule has 0 bridgehead atoms. The number of aromatic nitrogens is 3. The highest BCUT2D eigenvalue weighted by Crippen LogP contribution is 2.16. The minimum atomic E-state index is -0.493. The van der Waals surface area contributed by atoms with E-state index in [1.165, 1.54) is 12.1 Å². The van der Waals surface area contributed by atoms with Crippen LogP contribution in [0.3, 0.4) is 0 Å². The summed E-state index contributed by atoms with van der Waals surface area (Å²) in [4.78, 5) is 29.2. The van der Waals surface area contributed by atoms with Crippen LogP contribution >= 0.6 is 27.3 Å². The minimum Gasteiger partial charge on any atom is -0.266 e. The van der Waals surface area contributed by atoms with Gasteiger partial charge in [-0.1, -0.05) is 57.6 Å². The Kier molecular flexibility index (Phi) is 4.67. The van der Waals surface area contributed by atoms with Crippen molar-refractivity contribution in [2.45, 2.75) is 6.42 Å². The Bertz CT molecular complexity index is 1320. The molecule has 8 heteroatoms. The van der Waals surface area contributed by atoms with Gasteiger partial charge < -0.3 is 0 Å². The zero-order valence-electron chi connectivity index (χ0n) is 13.7. The largest absolute Gasteiger partial charge is 0.296 e. The normalized spacial score (nSPS) is 12.0. The molecule has 0 aliphatic rings. The predicted octanol–water partition coefficient (Wildman–Crippen LogP) is 2.55. The number of hydrogen-bond donors (Lipinski definition) is 0. The van der Waals surface area contributed by atoms with Gasteiger partial charge in [0.25, 0.3) is 11.1 Å². The Morgan fingerprint density at radius 2 is 1.85 bits per heavy atom. The van der Waals surface area contributed by atoms with Crippen molar-refractivity contribution in [3.63, 3.8) is 0 Å². The quantitative estimate of drug-likeness (QED) is 0.488. The van der Waals surface area contributed by atoms with E-state index in [2.05, 4.69) is 26.0 Å². The van der Waals surface area contributed by atoms with Crippen LogP contribution in [0, 0.1) is 5.82 Å². The molecule has 0 aliphatic heterocycles. The lowest BCUT2D eigenvalue weighted by Crippen LogP contribution is -2.28. The summed E-state index contributed by atoms with van der Waals surface area (Å²) < 4.78 is 15.5. The number of benzene rings is 2. The van der Waals surface area contributed by atoms with Crippen LogP contribution in [0.15, 0.2) is 62.6 Å². The SMILES string of the molecule is O=c1nc2s/c(=C/c3ccccc3Br)c(=O)n2nc1Cc1ccc(F)cc1. The molecule has 0 fully saturated rings. The molecule has 0 amide bonds. The van der Waals surface area contributed by atoms with Crippen LogP contribution in [0.25, 0.3) is 11.0 Å². The van der Waals surface area contributed by atoms with Crippen molar-refractivity contribution in [1.82, 2.24) is 14.6 Å². The van der Waals surface area contributed by atoms with Crippen LogP contribution in [-0.4, -0.2) is 14.6 Å². The number of nitrogens with zero attached hydrogens (tertiary/aromatic N) is 3. The molecule has 5 nitrogen and oxygen atoms in total. The molecule has 0 spiro atoms. The third kappa shape index (κ3) is 3.58. The van der Waals surface area contributed by atoms with Gasteiger partial charge in [-0.3, -0.25) is 9.59 Å². The van der Waals surface area contributed by atoms with E-state index in [0.29, 0.717) is 10.1 Å². The van der Waals surface area contributed by atoms with E-state index in [0.717, 1.165) is 25.9 Å². The average Bonchev–Trinajstić information content (AvgIpc) is 2.94. The van der Waals surface area contributed by atoms with Gasteiger partial charge in [-0.05, 0) is 35.4 Å². The van der Waals surface area contributed by atoms with E-state index < -0.39 is 5.56 Å². The van der Waals surface area contributed by atoms with Gasteiger partial charge in [-0.2, -0.15) is 14.6 Å². The average molecular weight is 444 g/mol. The number of thiazole rings is 1. The molecule has 2 aromatic carbocycles. The van der Waals surface area contributed by atoms with E-state index in [1.807, 2.05) is 24.3 Å². The summed E-state index contributed by atoms with van der Waals surface area (Å²) in [5.41, 5.74) is 0.870. The maximum Gasteiger partial charge on any atom is 0.296 e. The summed E-state index contributed by atoms with van der Waals surface area (Å²) in [6, 6.07) is 13.3.